The molecular formula is C14H16F3NO2. The van der Waals surface area contributed by atoms with Crippen LogP contribution in [0.15, 0.2) is 18.2 Å². The summed E-state index contributed by atoms with van der Waals surface area (Å²) < 4.78 is 38.8. The molecule has 1 N–H and O–H groups in total. The van der Waals surface area contributed by atoms with E-state index < -0.39 is 23.3 Å². The van der Waals surface area contributed by atoms with Gasteiger partial charge < -0.3 is 10.0 Å². The third-order valence-electron chi connectivity index (χ3n) is 3.82. The summed E-state index contributed by atoms with van der Waals surface area (Å²) in [5.74, 6) is -1.56. The van der Waals surface area contributed by atoms with E-state index in [1.54, 1.807) is 7.05 Å². The van der Waals surface area contributed by atoms with Crippen LogP contribution in [0.3, 0.4) is 0 Å². The van der Waals surface area contributed by atoms with Gasteiger partial charge in [0.25, 0.3) is 0 Å². The number of carboxylic acids is 1. The Labute approximate surface area is 115 Å². The first-order chi connectivity index (χ1) is 9.30. The van der Waals surface area contributed by atoms with Crippen molar-refractivity contribution < 1.29 is 23.1 Å². The number of rotatable bonds is 3. The van der Waals surface area contributed by atoms with Crippen LogP contribution in [0.4, 0.5) is 18.9 Å². The maximum atomic E-state index is 12.9. The summed E-state index contributed by atoms with van der Waals surface area (Å²) >= 11 is 0. The van der Waals surface area contributed by atoms with E-state index in [1.165, 1.54) is 6.07 Å². The molecule has 0 saturated heterocycles. The van der Waals surface area contributed by atoms with Crippen LogP contribution in [-0.2, 0) is 6.18 Å². The number of hydrogen-bond donors (Lipinski definition) is 1. The zero-order valence-electron chi connectivity index (χ0n) is 11.1. The fraction of sp³-hybridized carbons (Fsp3) is 0.500. The average Bonchev–Trinajstić information content (AvgIpc) is 2.89. The predicted octanol–water partition coefficient (Wildman–Crippen LogP) is 3.78. The Kier molecular flexibility index (Phi) is 3.92. The highest BCUT2D eigenvalue weighted by Crippen LogP contribution is 2.36. The third-order valence-corrected chi connectivity index (χ3v) is 3.82. The number of anilines is 1. The Morgan fingerprint density at radius 1 is 1.30 bits per heavy atom. The van der Waals surface area contributed by atoms with Crippen LogP contribution in [0.25, 0.3) is 0 Å². The predicted molar refractivity (Wildman–Crippen MR) is 69.1 cm³/mol. The first-order valence-electron chi connectivity index (χ1n) is 6.48. The lowest BCUT2D eigenvalue weighted by Crippen LogP contribution is -2.29. The van der Waals surface area contributed by atoms with Crippen LogP contribution >= 0.6 is 0 Å². The van der Waals surface area contributed by atoms with Crippen molar-refractivity contribution in [1.82, 2.24) is 0 Å². The van der Waals surface area contributed by atoms with Gasteiger partial charge in [-0.3, -0.25) is 0 Å². The molecule has 6 heteroatoms. The van der Waals surface area contributed by atoms with Crippen LogP contribution in [-0.4, -0.2) is 24.2 Å². The third kappa shape index (κ3) is 2.89. The summed E-state index contributed by atoms with van der Waals surface area (Å²) in [6.45, 7) is 0. The molecule has 20 heavy (non-hydrogen) atoms. The highest BCUT2D eigenvalue weighted by Gasteiger charge is 2.36. The van der Waals surface area contributed by atoms with E-state index in [1.807, 2.05) is 4.90 Å². The van der Waals surface area contributed by atoms with Gasteiger partial charge in [-0.25, -0.2) is 4.79 Å². The topological polar surface area (TPSA) is 40.5 Å². The lowest BCUT2D eigenvalue weighted by atomic mass is 10.0. The van der Waals surface area contributed by atoms with Crippen molar-refractivity contribution in [3.8, 4) is 0 Å². The van der Waals surface area contributed by atoms with Gasteiger partial charge in [0, 0.05) is 18.8 Å². The Morgan fingerprint density at radius 3 is 2.40 bits per heavy atom. The Morgan fingerprint density at radius 2 is 1.90 bits per heavy atom. The van der Waals surface area contributed by atoms with E-state index in [2.05, 4.69) is 0 Å². The second-order valence-corrected chi connectivity index (χ2v) is 5.08. The van der Waals surface area contributed by atoms with Gasteiger partial charge in [0.1, 0.15) is 0 Å². The van der Waals surface area contributed by atoms with Gasteiger partial charge >= 0.3 is 12.1 Å². The van der Waals surface area contributed by atoms with E-state index in [9.17, 15) is 18.0 Å². The average molecular weight is 287 g/mol. The molecular weight excluding hydrogens is 271 g/mol. The number of carboxylic acid groups (broad SMARTS) is 1. The van der Waals surface area contributed by atoms with Crippen molar-refractivity contribution in [1.29, 1.82) is 0 Å². The molecule has 2 rings (SSSR count). The monoisotopic (exact) mass is 287 g/mol. The summed E-state index contributed by atoms with van der Waals surface area (Å²) in [7, 11) is 1.76. The van der Waals surface area contributed by atoms with E-state index in [0.29, 0.717) is 5.69 Å². The molecule has 1 aromatic rings. The summed E-state index contributed by atoms with van der Waals surface area (Å²) in [6, 6.07) is 3.64. The van der Waals surface area contributed by atoms with Crippen LogP contribution in [0.1, 0.15) is 41.6 Å². The number of aromatic carboxylic acids is 1. The lowest BCUT2D eigenvalue weighted by Gasteiger charge is -2.27. The standard InChI is InChI=1S/C14H16F3NO2/c1-18(9-4-2-3-5-9)10-6-7-11(13(19)20)12(8-10)14(15,16)17/h6-9H,2-5H2,1H3,(H,19,20). The molecule has 1 aromatic carbocycles. The normalized spacial score (nSPS) is 16.4. The number of nitrogens with zero attached hydrogens (tertiary/aromatic N) is 1. The summed E-state index contributed by atoms with van der Waals surface area (Å²) in [5.41, 5.74) is -1.39. The minimum Gasteiger partial charge on any atom is -0.478 e. The first kappa shape index (κ1) is 14.7. The van der Waals surface area contributed by atoms with Gasteiger partial charge in [-0.05, 0) is 31.0 Å². The Bertz CT molecular complexity index is 508. The van der Waals surface area contributed by atoms with E-state index in [-0.39, 0.29) is 6.04 Å². The van der Waals surface area contributed by atoms with Crippen molar-refractivity contribution >= 4 is 11.7 Å². The van der Waals surface area contributed by atoms with Crippen molar-refractivity contribution in [2.45, 2.75) is 37.9 Å². The molecule has 0 bridgehead atoms. The molecule has 0 aliphatic heterocycles. The van der Waals surface area contributed by atoms with Gasteiger partial charge in [0.2, 0.25) is 0 Å². The van der Waals surface area contributed by atoms with Gasteiger partial charge in [0.05, 0.1) is 11.1 Å². The first-order valence-corrected chi connectivity index (χ1v) is 6.48. The molecule has 110 valence electrons. The van der Waals surface area contributed by atoms with Crippen LogP contribution in [0.2, 0.25) is 0 Å². The summed E-state index contributed by atoms with van der Waals surface area (Å²) in [6.07, 6.45) is -0.597. The number of hydrogen-bond acceptors (Lipinski definition) is 2. The summed E-state index contributed by atoms with van der Waals surface area (Å²) in [5, 5.41) is 8.86. The smallest absolute Gasteiger partial charge is 0.417 e. The van der Waals surface area contributed by atoms with E-state index in [4.69, 9.17) is 5.11 Å². The lowest BCUT2D eigenvalue weighted by molar-refractivity contribution is -0.138. The second-order valence-electron chi connectivity index (χ2n) is 5.08. The largest absolute Gasteiger partial charge is 0.478 e. The highest BCUT2D eigenvalue weighted by molar-refractivity contribution is 5.90. The Balaban J connectivity index is 2.38. The van der Waals surface area contributed by atoms with Gasteiger partial charge in [0.15, 0.2) is 0 Å². The second kappa shape index (κ2) is 5.34. The Hall–Kier alpha value is -1.72. The van der Waals surface area contributed by atoms with E-state index >= 15 is 0 Å². The fourth-order valence-corrected chi connectivity index (χ4v) is 2.68. The maximum Gasteiger partial charge on any atom is 0.417 e. The molecule has 0 amide bonds. The molecule has 0 radical (unpaired) electrons. The zero-order valence-corrected chi connectivity index (χ0v) is 11.1. The van der Waals surface area contributed by atoms with Crippen molar-refractivity contribution in [2.24, 2.45) is 0 Å². The number of halogens is 3. The quantitative estimate of drug-likeness (QED) is 0.919. The van der Waals surface area contributed by atoms with Crippen LogP contribution in [0, 0.1) is 0 Å². The molecule has 0 spiro atoms. The van der Waals surface area contributed by atoms with Crippen LogP contribution < -0.4 is 4.90 Å². The highest BCUT2D eigenvalue weighted by atomic mass is 19.4. The van der Waals surface area contributed by atoms with Crippen molar-refractivity contribution in [3.05, 3.63) is 29.3 Å². The molecule has 3 nitrogen and oxygen atoms in total. The van der Waals surface area contributed by atoms with Gasteiger partial charge in [-0.2, -0.15) is 13.2 Å². The van der Waals surface area contributed by atoms with Crippen molar-refractivity contribution in [2.75, 3.05) is 11.9 Å². The number of carbonyl (C=O) groups is 1. The van der Waals surface area contributed by atoms with Gasteiger partial charge in [-0.15, -0.1) is 0 Å². The minimum atomic E-state index is -4.67. The number of benzene rings is 1. The molecule has 0 atom stereocenters. The van der Waals surface area contributed by atoms with E-state index in [0.717, 1.165) is 37.8 Å². The molecule has 1 saturated carbocycles. The molecule has 0 unspecified atom stereocenters. The maximum absolute atomic E-state index is 12.9. The fourth-order valence-electron chi connectivity index (χ4n) is 2.68. The molecule has 1 fully saturated rings. The van der Waals surface area contributed by atoms with Gasteiger partial charge in [-0.1, -0.05) is 12.8 Å². The molecule has 1 aliphatic rings. The van der Waals surface area contributed by atoms with Crippen LogP contribution in [0.5, 0.6) is 0 Å². The molecule has 1 aliphatic carbocycles. The SMILES string of the molecule is CN(c1ccc(C(=O)O)c(C(F)(F)F)c1)C1CCCC1. The molecule has 0 heterocycles. The number of alkyl halides is 3. The minimum absolute atomic E-state index is 0.228. The molecule has 0 aromatic heterocycles. The zero-order chi connectivity index (χ0) is 14.9. The summed E-state index contributed by atoms with van der Waals surface area (Å²) in [4.78, 5) is 12.7. The van der Waals surface area contributed by atoms with Crippen molar-refractivity contribution in [3.63, 3.8) is 0 Å².